The molecule has 1 heterocycles. The summed E-state index contributed by atoms with van der Waals surface area (Å²) in [5, 5.41) is 6.62. The van der Waals surface area contributed by atoms with Crippen molar-refractivity contribution >= 4 is 11.9 Å². The highest BCUT2D eigenvalue weighted by molar-refractivity contribution is 5.79. The molecule has 2 rings (SSSR count). The van der Waals surface area contributed by atoms with Crippen molar-refractivity contribution in [3.63, 3.8) is 0 Å². The highest BCUT2D eigenvalue weighted by atomic mass is 16.5. The SMILES string of the molecule is CCNC(=NCC(C)(C)N1CCOCC1)NCCCC(=O)OC1CCCC1. The van der Waals surface area contributed by atoms with Crippen molar-refractivity contribution in [3.05, 3.63) is 0 Å². The molecule has 0 amide bonds. The molecule has 1 aliphatic heterocycles. The molecule has 0 aromatic carbocycles. The third-order valence-corrected chi connectivity index (χ3v) is 5.29. The standard InChI is InChI=1S/C20H38N4O3/c1-4-21-19(23-16-20(2,3)24-12-14-26-15-13-24)22-11-7-10-18(25)27-17-8-5-6-9-17/h17H,4-16H2,1-3H3,(H2,21,22,23). The maximum absolute atomic E-state index is 11.9. The van der Waals surface area contributed by atoms with Crippen LogP contribution >= 0.6 is 0 Å². The molecule has 1 saturated heterocycles. The molecule has 0 aromatic heterocycles. The van der Waals surface area contributed by atoms with Gasteiger partial charge in [0.2, 0.25) is 0 Å². The van der Waals surface area contributed by atoms with Gasteiger partial charge < -0.3 is 20.1 Å². The van der Waals surface area contributed by atoms with Crippen LogP contribution in [0.5, 0.6) is 0 Å². The Kier molecular flexibility index (Phi) is 9.34. The van der Waals surface area contributed by atoms with E-state index in [9.17, 15) is 4.79 Å². The third kappa shape index (κ3) is 8.05. The van der Waals surface area contributed by atoms with Crippen LogP contribution in [-0.4, -0.2) is 74.4 Å². The number of hydrogen-bond donors (Lipinski definition) is 2. The lowest BCUT2D eigenvalue weighted by Crippen LogP contribution is -2.52. The van der Waals surface area contributed by atoms with Crippen molar-refractivity contribution in [1.82, 2.24) is 15.5 Å². The number of carbonyl (C=O) groups is 1. The zero-order valence-electron chi connectivity index (χ0n) is 17.4. The largest absolute Gasteiger partial charge is 0.462 e. The fraction of sp³-hybridized carbons (Fsp3) is 0.900. The minimum absolute atomic E-state index is 0.00276. The zero-order chi connectivity index (χ0) is 19.5. The van der Waals surface area contributed by atoms with Crippen LogP contribution in [0, 0.1) is 0 Å². The molecule has 0 unspecified atom stereocenters. The lowest BCUT2D eigenvalue weighted by Gasteiger charge is -2.39. The lowest BCUT2D eigenvalue weighted by atomic mass is 10.0. The Morgan fingerprint density at radius 3 is 2.59 bits per heavy atom. The van der Waals surface area contributed by atoms with E-state index < -0.39 is 0 Å². The first kappa shape index (κ1) is 22.0. The van der Waals surface area contributed by atoms with E-state index in [1.54, 1.807) is 0 Å². The molecule has 0 spiro atoms. The second kappa shape index (κ2) is 11.5. The van der Waals surface area contributed by atoms with Gasteiger partial charge in [0.1, 0.15) is 6.10 Å². The van der Waals surface area contributed by atoms with E-state index >= 15 is 0 Å². The molecular weight excluding hydrogens is 344 g/mol. The average molecular weight is 383 g/mol. The maximum atomic E-state index is 11.9. The molecule has 0 atom stereocenters. The Bertz CT molecular complexity index is 470. The smallest absolute Gasteiger partial charge is 0.306 e. The molecular formula is C20H38N4O3. The van der Waals surface area contributed by atoms with Crippen LogP contribution in [-0.2, 0) is 14.3 Å². The second-order valence-corrected chi connectivity index (χ2v) is 8.03. The second-order valence-electron chi connectivity index (χ2n) is 8.03. The predicted molar refractivity (Wildman–Crippen MR) is 108 cm³/mol. The molecule has 0 aromatic rings. The molecule has 2 fully saturated rings. The molecule has 2 aliphatic rings. The fourth-order valence-corrected chi connectivity index (χ4v) is 3.57. The number of rotatable bonds is 9. The summed E-state index contributed by atoms with van der Waals surface area (Å²) < 4.78 is 10.9. The highest BCUT2D eigenvalue weighted by Crippen LogP contribution is 2.21. The summed E-state index contributed by atoms with van der Waals surface area (Å²) in [5.74, 6) is 0.738. The molecule has 0 radical (unpaired) electrons. The molecule has 1 saturated carbocycles. The Balaban J connectivity index is 1.70. The van der Waals surface area contributed by atoms with Crippen LogP contribution in [0.4, 0.5) is 0 Å². The van der Waals surface area contributed by atoms with Crippen molar-refractivity contribution in [2.24, 2.45) is 4.99 Å². The van der Waals surface area contributed by atoms with Gasteiger partial charge in [-0.05, 0) is 52.9 Å². The van der Waals surface area contributed by atoms with Gasteiger partial charge in [0.25, 0.3) is 0 Å². The number of aliphatic imine (C=N–C) groups is 1. The van der Waals surface area contributed by atoms with Crippen molar-refractivity contribution in [1.29, 1.82) is 0 Å². The van der Waals surface area contributed by atoms with E-state index in [1.165, 1.54) is 12.8 Å². The quantitative estimate of drug-likeness (QED) is 0.275. The number of morpholine rings is 1. The third-order valence-electron chi connectivity index (χ3n) is 5.29. The molecule has 7 heteroatoms. The minimum atomic E-state index is -0.0703. The number of nitrogens with one attached hydrogen (secondary N) is 2. The number of nitrogens with zero attached hydrogens (tertiary/aromatic N) is 2. The highest BCUT2D eigenvalue weighted by Gasteiger charge is 2.28. The Morgan fingerprint density at radius 1 is 1.22 bits per heavy atom. The summed E-state index contributed by atoms with van der Waals surface area (Å²) in [6.07, 6.45) is 5.79. The fourth-order valence-electron chi connectivity index (χ4n) is 3.57. The monoisotopic (exact) mass is 382 g/mol. The van der Waals surface area contributed by atoms with Crippen molar-refractivity contribution in [2.45, 2.75) is 70.9 Å². The Morgan fingerprint density at radius 2 is 1.93 bits per heavy atom. The van der Waals surface area contributed by atoms with Crippen LogP contribution in [0.2, 0.25) is 0 Å². The van der Waals surface area contributed by atoms with E-state index in [0.717, 1.165) is 58.1 Å². The number of carbonyl (C=O) groups excluding carboxylic acids is 1. The molecule has 0 bridgehead atoms. The van der Waals surface area contributed by atoms with Gasteiger partial charge in [0.15, 0.2) is 5.96 Å². The van der Waals surface area contributed by atoms with Gasteiger partial charge >= 0.3 is 5.97 Å². The van der Waals surface area contributed by atoms with Gasteiger partial charge in [-0.3, -0.25) is 14.7 Å². The summed E-state index contributed by atoms with van der Waals surface area (Å²) in [5.41, 5.74) is -0.00276. The van der Waals surface area contributed by atoms with E-state index in [2.05, 4.69) is 36.3 Å². The molecule has 27 heavy (non-hydrogen) atoms. The predicted octanol–water partition coefficient (Wildman–Crippen LogP) is 1.92. The first-order valence-electron chi connectivity index (χ1n) is 10.6. The number of ether oxygens (including phenoxy) is 2. The summed E-state index contributed by atoms with van der Waals surface area (Å²) in [4.78, 5) is 19.1. The van der Waals surface area contributed by atoms with Crippen LogP contribution in [0.15, 0.2) is 4.99 Å². The van der Waals surface area contributed by atoms with E-state index in [0.29, 0.717) is 19.5 Å². The van der Waals surface area contributed by atoms with Crippen LogP contribution in [0.3, 0.4) is 0 Å². The molecule has 7 nitrogen and oxygen atoms in total. The molecule has 156 valence electrons. The average Bonchev–Trinajstić information content (AvgIpc) is 3.17. The number of esters is 1. The lowest BCUT2D eigenvalue weighted by molar-refractivity contribution is -0.148. The summed E-state index contributed by atoms with van der Waals surface area (Å²) >= 11 is 0. The van der Waals surface area contributed by atoms with Crippen molar-refractivity contribution in [2.75, 3.05) is 45.9 Å². The minimum Gasteiger partial charge on any atom is -0.462 e. The first-order valence-corrected chi connectivity index (χ1v) is 10.6. The van der Waals surface area contributed by atoms with E-state index in [-0.39, 0.29) is 17.6 Å². The summed E-state index contributed by atoms with van der Waals surface area (Å²) in [6.45, 7) is 12.2. The molecule has 2 N–H and O–H groups in total. The number of guanidine groups is 1. The van der Waals surface area contributed by atoms with Gasteiger partial charge in [-0.25, -0.2) is 0 Å². The Labute approximate surface area is 164 Å². The first-order chi connectivity index (χ1) is 13.0. The van der Waals surface area contributed by atoms with Gasteiger partial charge in [0.05, 0.1) is 19.8 Å². The van der Waals surface area contributed by atoms with Gasteiger partial charge in [-0.2, -0.15) is 0 Å². The van der Waals surface area contributed by atoms with Gasteiger partial charge in [-0.15, -0.1) is 0 Å². The van der Waals surface area contributed by atoms with Crippen LogP contribution < -0.4 is 10.6 Å². The zero-order valence-corrected chi connectivity index (χ0v) is 17.4. The maximum Gasteiger partial charge on any atom is 0.306 e. The van der Waals surface area contributed by atoms with E-state index in [4.69, 9.17) is 14.5 Å². The van der Waals surface area contributed by atoms with Crippen LogP contribution in [0.25, 0.3) is 0 Å². The topological polar surface area (TPSA) is 75.2 Å². The normalized spacial score (nSPS) is 19.9. The van der Waals surface area contributed by atoms with Gasteiger partial charge in [0, 0.05) is 38.1 Å². The summed E-state index contributed by atoms with van der Waals surface area (Å²) in [6, 6.07) is 0. The van der Waals surface area contributed by atoms with Crippen molar-refractivity contribution < 1.29 is 14.3 Å². The van der Waals surface area contributed by atoms with E-state index in [1.807, 2.05) is 0 Å². The molecule has 1 aliphatic carbocycles. The number of hydrogen-bond acceptors (Lipinski definition) is 5. The summed E-state index contributed by atoms with van der Waals surface area (Å²) in [7, 11) is 0. The Hall–Kier alpha value is -1.34. The van der Waals surface area contributed by atoms with Crippen LogP contribution in [0.1, 0.15) is 59.3 Å². The van der Waals surface area contributed by atoms with Gasteiger partial charge in [-0.1, -0.05) is 0 Å². The van der Waals surface area contributed by atoms with Crippen molar-refractivity contribution in [3.8, 4) is 0 Å².